The van der Waals surface area contributed by atoms with Gasteiger partial charge in [0.15, 0.2) is 0 Å². The van der Waals surface area contributed by atoms with Crippen LogP contribution in [-0.4, -0.2) is 19.8 Å². The SMILES string of the molecule is O=C/C=C/C[As+](c1ccccc1)(c1ccccc1)c1ccccc1. The van der Waals surface area contributed by atoms with Gasteiger partial charge in [0.25, 0.3) is 0 Å². The maximum absolute atomic E-state index is 10.8. The van der Waals surface area contributed by atoms with Crippen LogP contribution in [-0.2, 0) is 4.79 Å². The summed E-state index contributed by atoms with van der Waals surface area (Å²) in [4.78, 5) is 10.8. The number of hydrogen-bond donors (Lipinski definition) is 0. The van der Waals surface area contributed by atoms with Crippen molar-refractivity contribution < 1.29 is 4.79 Å². The van der Waals surface area contributed by atoms with Crippen LogP contribution in [0.25, 0.3) is 0 Å². The first-order chi connectivity index (χ1) is 11.9. The Morgan fingerprint density at radius 2 is 1.00 bits per heavy atom. The summed E-state index contributed by atoms with van der Waals surface area (Å²) in [5.74, 6) is 0. The summed E-state index contributed by atoms with van der Waals surface area (Å²) in [6, 6.07) is 32.3. The molecule has 0 unspecified atom stereocenters. The molecule has 0 bridgehead atoms. The average Bonchev–Trinajstić information content (AvgIpc) is 2.68. The van der Waals surface area contributed by atoms with Gasteiger partial charge in [-0.2, -0.15) is 0 Å². The van der Waals surface area contributed by atoms with Gasteiger partial charge in [0.1, 0.15) is 0 Å². The van der Waals surface area contributed by atoms with Gasteiger partial charge in [-0.25, -0.2) is 0 Å². The average molecular weight is 375 g/mol. The molecule has 0 aliphatic rings. The second kappa shape index (κ2) is 7.94. The van der Waals surface area contributed by atoms with Crippen molar-refractivity contribution in [2.45, 2.75) is 5.21 Å². The van der Waals surface area contributed by atoms with E-state index in [9.17, 15) is 4.79 Å². The van der Waals surface area contributed by atoms with Crippen LogP contribution in [0.3, 0.4) is 0 Å². The van der Waals surface area contributed by atoms with Gasteiger partial charge in [-0.15, -0.1) is 0 Å². The first-order valence-electron chi connectivity index (χ1n) is 8.03. The van der Waals surface area contributed by atoms with Gasteiger partial charge >= 0.3 is 146 Å². The number of benzene rings is 3. The number of allylic oxidation sites excluding steroid dienone is 2. The van der Waals surface area contributed by atoms with E-state index in [1.54, 1.807) is 6.08 Å². The van der Waals surface area contributed by atoms with Crippen molar-refractivity contribution in [3.63, 3.8) is 0 Å². The first-order valence-corrected chi connectivity index (χ1v) is 12.2. The van der Waals surface area contributed by atoms with Crippen molar-refractivity contribution in [1.29, 1.82) is 0 Å². The Morgan fingerprint density at radius 3 is 1.33 bits per heavy atom. The fraction of sp³-hybridized carbons (Fsp3) is 0.0455. The molecule has 0 amide bonds. The van der Waals surface area contributed by atoms with E-state index in [4.69, 9.17) is 0 Å². The van der Waals surface area contributed by atoms with Crippen molar-refractivity contribution in [3.05, 3.63) is 103 Å². The molecule has 0 N–H and O–H groups in total. The van der Waals surface area contributed by atoms with E-state index in [2.05, 4.69) is 91.0 Å². The molecular weight excluding hydrogens is 355 g/mol. The minimum absolute atomic E-state index is 0.867. The van der Waals surface area contributed by atoms with Crippen molar-refractivity contribution in [2.24, 2.45) is 0 Å². The Bertz CT molecular complexity index is 698. The van der Waals surface area contributed by atoms with Gasteiger partial charge < -0.3 is 0 Å². The fourth-order valence-corrected chi connectivity index (χ4v) is 11.5. The van der Waals surface area contributed by atoms with Gasteiger partial charge in [0.05, 0.1) is 0 Å². The molecule has 24 heavy (non-hydrogen) atoms. The molecule has 0 spiro atoms. The van der Waals surface area contributed by atoms with E-state index in [0.717, 1.165) is 11.5 Å². The Balaban J connectivity index is 2.28. The molecular formula is C22H20AsO+. The van der Waals surface area contributed by atoms with Crippen LogP contribution < -0.4 is 13.1 Å². The van der Waals surface area contributed by atoms with Crippen molar-refractivity contribution in [2.75, 3.05) is 0 Å². The van der Waals surface area contributed by atoms with Crippen LogP contribution in [0.15, 0.2) is 103 Å². The first kappa shape index (κ1) is 16.5. The molecule has 1 nitrogen and oxygen atoms in total. The third-order valence-electron chi connectivity index (χ3n) is 4.18. The molecule has 2 heteroatoms. The molecule has 0 aliphatic carbocycles. The maximum atomic E-state index is 10.8. The van der Waals surface area contributed by atoms with Gasteiger partial charge in [-0.05, 0) is 0 Å². The topological polar surface area (TPSA) is 17.1 Å². The number of rotatable bonds is 6. The van der Waals surface area contributed by atoms with E-state index in [1.165, 1.54) is 13.1 Å². The van der Waals surface area contributed by atoms with E-state index >= 15 is 0 Å². The quantitative estimate of drug-likeness (QED) is 0.368. The number of carbonyl (C=O) groups is 1. The van der Waals surface area contributed by atoms with E-state index < -0.39 is 13.6 Å². The Morgan fingerprint density at radius 1 is 0.625 bits per heavy atom. The number of aldehydes is 1. The predicted octanol–water partition coefficient (Wildman–Crippen LogP) is 2.91. The molecule has 118 valence electrons. The number of carbonyl (C=O) groups excluding carboxylic acids is 1. The summed E-state index contributed by atoms with van der Waals surface area (Å²) in [7, 11) is 0. The van der Waals surface area contributed by atoms with Gasteiger partial charge in [-0.3, -0.25) is 0 Å². The summed E-state index contributed by atoms with van der Waals surface area (Å²) < 4.78 is 4.18. The Hall–Kier alpha value is -2.37. The third kappa shape index (κ3) is 3.27. The molecule has 0 heterocycles. The second-order valence-electron chi connectivity index (χ2n) is 5.56. The molecule has 3 rings (SSSR count). The Kier molecular flexibility index (Phi) is 5.46. The van der Waals surface area contributed by atoms with Crippen LogP contribution in [0.1, 0.15) is 0 Å². The van der Waals surface area contributed by atoms with Gasteiger partial charge in [0, 0.05) is 0 Å². The van der Waals surface area contributed by atoms with Crippen LogP contribution in [0.4, 0.5) is 0 Å². The van der Waals surface area contributed by atoms with Gasteiger partial charge in [0.2, 0.25) is 0 Å². The predicted molar refractivity (Wildman–Crippen MR) is 104 cm³/mol. The summed E-state index contributed by atoms with van der Waals surface area (Å²) in [6.07, 6.45) is 4.53. The minimum atomic E-state index is -2.66. The summed E-state index contributed by atoms with van der Waals surface area (Å²) in [5, 5.41) is 0.898. The molecule has 0 aromatic heterocycles. The fourth-order valence-electron chi connectivity index (χ4n) is 3.09. The molecule has 0 fully saturated rings. The molecule has 0 saturated heterocycles. The van der Waals surface area contributed by atoms with Crippen LogP contribution in [0, 0.1) is 0 Å². The summed E-state index contributed by atoms with van der Waals surface area (Å²) >= 11 is -2.66. The second-order valence-corrected chi connectivity index (χ2v) is 13.0. The number of hydrogen-bond acceptors (Lipinski definition) is 1. The monoisotopic (exact) mass is 375 g/mol. The summed E-state index contributed by atoms with van der Waals surface area (Å²) in [6.45, 7) is 0. The third-order valence-corrected chi connectivity index (χ3v) is 13.2. The molecule has 0 aliphatic heterocycles. The van der Waals surface area contributed by atoms with E-state index in [0.29, 0.717) is 0 Å². The normalized spacial score (nSPS) is 11.5. The van der Waals surface area contributed by atoms with E-state index in [1.807, 2.05) is 6.08 Å². The van der Waals surface area contributed by atoms with Crippen molar-refractivity contribution in [1.82, 2.24) is 0 Å². The van der Waals surface area contributed by atoms with Crippen molar-refractivity contribution >= 4 is 32.9 Å². The molecule has 3 aromatic carbocycles. The zero-order valence-electron chi connectivity index (χ0n) is 13.5. The Labute approximate surface area is 146 Å². The molecule has 0 atom stereocenters. The molecule has 3 aromatic rings. The van der Waals surface area contributed by atoms with Crippen LogP contribution in [0.2, 0.25) is 5.21 Å². The van der Waals surface area contributed by atoms with Crippen LogP contribution in [0.5, 0.6) is 0 Å². The standard InChI is InChI=1S/C22H20AsO/c24-19-11-10-18-23(20-12-4-1-5-13-20,21-14-6-2-7-15-21)22-16-8-3-9-17-22/h1-17,19H,18H2/q+1/b11-10+. The van der Waals surface area contributed by atoms with E-state index in [-0.39, 0.29) is 0 Å². The zero-order valence-corrected chi connectivity index (χ0v) is 15.3. The molecule has 0 saturated carbocycles. The van der Waals surface area contributed by atoms with Crippen LogP contribution >= 0.6 is 0 Å². The zero-order chi connectivity index (χ0) is 16.7. The van der Waals surface area contributed by atoms with Gasteiger partial charge in [-0.1, -0.05) is 0 Å². The summed E-state index contributed by atoms with van der Waals surface area (Å²) in [5.41, 5.74) is 0. The molecule has 0 radical (unpaired) electrons. The van der Waals surface area contributed by atoms with Crippen molar-refractivity contribution in [3.8, 4) is 0 Å².